The van der Waals surface area contributed by atoms with Gasteiger partial charge in [-0.2, -0.15) is 0 Å². The Labute approximate surface area is 117 Å². The first-order valence-corrected chi connectivity index (χ1v) is 7.13. The van der Waals surface area contributed by atoms with Crippen molar-refractivity contribution in [2.45, 2.75) is 25.8 Å². The molecule has 0 aliphatic carbocycles. The number of nitrogens with one attached hydrogen (secondary N) is 1. The van der Waals surface area contributed by atoms with Crippen molar-refractivity contribution in [2.75, 3.05) is 20.1 Å². The standard InChI is InChI=1S/C14H19BrN2O/c1-10-4-3-5-12(13(10)15)14(18)17(2)11-6-8-16-9-7-11/h3-5,11,16H,6-9H2,1-2H3. The van der Waals surface area contributed by atoms with Gasteiger partial charge in [0.1, 0.15) is 0 Å². The van der Waals surface area contributed by atoms with Crippen LogP contribution in [0.2, 0.25) is 0 Å². The smallest absolute Gasteiger partial charge is 0.255 e. The molecule has 1 saturated heterocycles. The Bertz CT molecular complexity index is 441. The molecule has 0 radical (unpaired) electrons. The number of carbonyl (C=O) groups excluding carboxylic acids is 1. The third kappa shape index (κ3) is 2.75. The number of halogens is 1. The van der Waals surface area contributed by atoms with E-state index in [1.54, 1.807) is 0 Å². The van der Waals surface area contributed by atoms with Crippen molar-refractivity contribution in [1.82, 2.24) is 10.2 Å². The van der Waals surface area contributed by atoms with E-state index in [2.05, 4.69) is 21.2 Å². The molecule has 1 aromatic rings. The summed E-state index contributed by atoms with van der Waals surface area (Å²) in [4.78, 5) is 14.4. The molecule has 1 aromatic carbocycles. The molecule has 1 aliphatic rings. The van der Waals surface area contributed by atoms with Gasteiger partial charge in [-0.25, -0.2) is 0 Å². The van der Waals surface area contributed by atoms with Crippen molar-refractivity contribution >= 4 is 21.8 Å². The van der Waals surface area contributed by atoms with Crippen LogP contribution in [-0.4, -0.2) is 37.0 Å². The Morgan fingerprint density at radius 3 is 2.72 bits per heavy atom. The third-order valence-corrected chi connectivity index (χ3v) is 4.65. The zero-order valence-electron chi connectivity index (χ0n) is 10.9. The summed E-state index contributed by atoms with van der Waals surface area (Å²) in [6, 6.07) is 6.18. The summed E-state index contributed by atoms with van der Waals surface area (Å²) < 4.78 is 0.913. The van der Waals surface area contributed by atoms with E-state index in [-0.39, 0.29) is 5.91 Å². The Morgan fingerprint density at radius 1 is 1.39 bits per heavy atom. The second kappa shape index (κ2) is 5.85. The largest absolute Gasteiger partial charge is 0.339 e. The first kappa shape index (κ1) is 13.6. The Kier molecular flexibility index (Phi) is 4.40. The molecule has 1 N–H and O–H groups in total. The van der Waals surface area contributed by atoms with Crippen LogP contribution in [0, 0.1) is 6.92 Å². The van der Waals surface area contributed by atoms with E-state index in [1.165, 1.54) is 0 Å². The van der Waals surface area contributed by atoms with Gasteiger partial charge in [0.05, 0.1) is 5.56 Å². The maximum atomic E-state index is 12.5. The number of hydrogen-bond donors (Lipinski definition) is 1. The number of benzene rings is 1. The maximum Gasteiger partial charge on any atom is 0.255 e. The van der Waals surface area contributed by atoms with Crippen LogP contribution in [0.4, 0.5) is 0 Å². The highest BCUT2D eigenvalue weighted by Crippen LogP contribution is 2.23. The summed E-state index contributed by atoms with van der Waals surface area (Å²) in [5.41, 5.74) is 1.86. The number of nitrogens with zero attached hydrogens (tertiary/aromatic N) is 1. The van der Waals surface area contributed by atoms with E-state index >= 15 is 0 Å². The molecule has 0 saturated carbocycles. The molecule has 1 fully saturated rings. The molecular formula is C14H19BrN2O. The van der Waals surface area contributed by atoms with E-state index in [9.17, 15) is 4.79 Å². The van der Waals surface area contributed by atoms with Crippen molar-refractivity contribution < 1.29 is 4.79 Å². The van der Waals surface area contributed by atoms with Crippen molar-refractivity contribution in [1.29, 1.82) is 0 Å². The average Bonchev–Trinajstić information content (AvgIpc) is 2.41. The normalized spacial score (nSPS) is 16.6. The van der Waals surface area contributed by atoms with Crippen LogP contribution in [0.15, 0.2) is 22.7 Å². The summed E-state index contributed by atoms with van der Waals surface area (Å²) in [5, 5.41) is 3.32. The highest BCUT2D eigenvalue weighted by Gasteiger charge is 2.24. The summed E-state index contributed by atoms with van der Waals surface area (Å²) in [6.45, 7) is 4.00. The summed E-state index contributed by atoms with van der Waals surface area (Å²) in [6.07, 6.45) is 2.07. The van der Waals surface area contributed by atoms with Crippen molar-refractivity contribution in [3.8, 4) is 0 Å². The van der Waals surface area contributed by atoms with Crippen LogP contribution in [0.3, 0.4) is 0 Å². The molecule has 0 bridgehead atoms. The molecule has 2 rings (SSSR count). The molecule has 0 spiro atoms. The van der Waals surface area contributed by atoms with Gasteiger partial charge >= 0.3 is 0 Å². The van der Waals surface area contributed by atoms with Crippen LogP contribution in [0.1, 0.15) is 28.8 Å². The van der Waals surface area contributed by atoms with Gasteiger partial charge in [0.2, 0.25) is 0 Å². The monoisotopic (exact) mass is 310 g/mol. The van der Waals surface area contributed by atoms with Gasteiger partial charge in [0.15, 0.2) is 0 Å². The summed E-state index contributed by atoms with van der Waals surface area (Å²) in [5.74, 6) is 0.109. The van der Waals surface area contributed by atoms with Gasteiger partial charge < -0.3 is 10.2 Å². The number of hydrogen-bond acceptors (Lipinski definition) is 2. The fourth-order valence-electron chi connectivity index (χ4n) is 2.36. The number of carbonyl (C=O) groups is 1. The Hall–Kier alpha value is -0.870. The molecule has 98 valence electrons. The Morgan fingerprint density at radius 2 is 2.06 bits per heavy atom. The predicted octanol–water partition coefficient (Wildman–Crippen LogP) is 2.58. The number of aryl methyl sites for hydroxylation is 1. The van der Waals surface area contributed by atoms with E-state index in [0.717, 1.165) is 41.5 Å². The molecule has 4 heteroatoms. The van der Waals surface area contributed by atoms with Crippen molar-refractivity contribution in [3.05, 3.63) is 33.8 Å². The second-order valence-corrected chi connectivity index (χ2v) is 5.63. The van der Waals surface area contributed by atoms with Crippen LogP contribution >= 0.6 is 15.9 Å². The molecule has 0 unspecified atom stereocenters. The van der Waals surface area contributed by atoms with Crippen molar-refractivity contribution in [3.63, 3.8) is 0 Å². The number of piperidine rings is 1. The minimum Gasteiger partial charge on any atom is -0.339 e. The van der Waals surface area contributed by atoms with Gasteiger partial charge in [-0.1, -0.05) is 12.1 Å². The minimum absolute atomic E-state index is 0.109. The van der Waals surface area contributed by atoms with Crippen LogP contribution in [-0.2, 0) is 0 Å². The fourth-order valence-corrected chi connectivity index (χ4v) is 2.80. The lowest BCUT2D eigenvalue weighted by Gasteiger charge is -2.32. The molecule has 1 aliphatic heterocycles. The molecule has 1 amide bonds. The topological polar surface area (TPSA) is 32.3 Å². The van der Waals surface area contributed by atoms with Crippen LogP contribution in [0.5, 0.6) is 0 Å². The quantitative estimate of drug-likeness (QED) is 0.910. The van der Waals surface area contributed by atoms with Crippen LogP contribution in [0.25, 0.3) is 0 Å². The molecule has 0 atom stereocenters. The summed E-state index contributed by atoms with van der Waals surface area (Å²) >= 11 is 3.51. The molecular weight excluding hydrogens is 292 g/mol. The molecule has 0 aromatic heterocycles. The lowest BCUT2D eigenvalue weighted by molar-refractivity contribution is 0.0702. The van der Waals surface area contributed by atoms with E-state index < -0.39 is 0 Å². The first-order valence-electron chi connectivity index (χ1n) is 6.34. The Balaban J connectivity index is 2.17. The minimum atomic E-state index is 0.109. The van der Waals surface area contributed by atoms with E-state index in [0.29, 0.717) is 6.04 Å². The average molecular weight is 311 g/mol. The lowest BCUT2D eigenvalue weighted by Crippen LogP contribution is -2.44. The molecule has 18 heavy (non-hydrogen) atoms. The number of amides is 1. The third-order valence-electron chi connectivity index (χ3n) is 3.60. The molecule has 1 heterocycles. The second-order valence-electron chi connectivity index (χ2n) is 4.83. The van der Waals surface area contributed by atoms with Gasteiger partial charge in [0.25, 0.3) is 5.91 Å². The highest BCUT2D eigenvalue weighted by atomic mass is 79.9. The predicted molar refractivity (Wildman–Crippen MR) is 76.9 cm³/mol. The number of rotatable bonds is 2. The lowest BCUT2D eigenvalue weighted by atomic mass is 10.0. The maximum absolute atomic E-state index is 12.5. The van der Waals surface area contributed by atoms with E-state index in [4.69, 9.17) is 0 Å². The van der Waals surface area contributed by atoms with Gasteiger partial charge in [0, 0.05) is 17.6 Å². The first-order chi connectivity index (χ1) is 8.61. The molecule has 3 nitrogen and oxygen atoms in total. The zero-order chi connectivity index (χ0) is 13.1. The van der Waals surface area contributed by atoms with Gasteiger partial charge in [-0.15, -0.1) is 0 Å². The zero-order valence-corrected chi connectivity index (χ0v) is 12.5. The van der Waals surface area contributed by atoms with Crippen molar-refractivity contribution in [2.24, 2.45) is 0 Å². The van der Waals surface area contributed by atoms with E-state index in [1.807, 2.05) is 37.1 Å². The van der Waals surface area contributed by atoms with Gasteiger partial charge in [-0.05, 0) is 60.4 Å². The SMILES string of the molecule is Cc1cccc(C(=O)N(C)C2CCNCC2)c1Br. The summed E-state index contributed by atoms with van der Waals surface area (Å²) in [7, 11) is 1.91. The van der Waals surface area contributed by atoms with Gasteiger partial charge in [-0.3, -0.25) is 4.79 Å². The fraction of sp³-hybridized carbons (Fsp3) is 0.500. The van der Waals surface area contributed by atoms with Crippen LogP contribution < -0.4 is 5.32 Å². The highest BCUT2D eigenvalue weighted by molar-refractivity contribution is 9.10.